The Bertz CT molecular complexity index is 1180. The molecule has 8 nitrogen and oxygen atoms in total. The number of amides is 1. The lowest BCUT2D eigenvalue weighted by molar-refractivity contribution is -0.114. The molecule has 0 unspecified atom stereocenters. The van der Waals surface area contributed by atoms with E-state index in [1.807, 2.05) is 6.07 Å². The van der Waals surface area contributed by atoms with E-state index >= 15 is 0 Å². The molecule has 2 N–H and O–H groups in total. The molecule has 0 radical (unpaired) electrons. The van der Waals surface area contributed by atoms with Crippen LogP contribution in [0.3, 0.4) is 0 Å². The molecule has 4 rings (SSSR count). The summed E-state index contributed by atoms with van der Waals surface area (Å²) in [5.41, 5.74) is 2.03. The molecule has 0 saturated carbocycles. The molecule has 0 aliphatic rings. The molecule has 29 heavy (non-hydrogen) atoms. The maximum Gasteiger partial charge on any atom is 0.231 e. The number of nitrogens with zero attached hydrogens (tertiary/aromatic N) is 5. The van der Waals surface area contributed by atoms with E-state index < -0.39 is 0 Å². The summed E-state index contributed by atoms with van der Waals surface area (Å²) in [4.78, 5) is 16.3. The van der Waals surface area contributed by atoms with Gasteiger partial charge in [-0.3, -0.25) is 4.79 Å². The molecular weight excluding hydrogens is 408 g/mol. The molecule has 10 heteroatoms. The van der Waals surface area contributed by atoms with E-state index in [1.54, 1.807) is 48.5 Å². The van der Waals surface area contributed by atoms with Gasteiger partial charge in [-0.05, 0) is 54.6 Å². The van der Waals surface area contributed by atoms with Crippen LogP contribution in [0.15, 0.2) is 75.1 Å². The van der Waals surface area contributed by atoms with Gasteiger partial charge in [-0.2, -0.15) is 0 Å². The molecule has 0 atom stereocenters. The lowest BCUT2D eigenvalue weighted by Gasteiger charge is -2.00. The average Bonchev–Trinajstić information content (AvgIpc) is 3.25. The zero-order valence-electron chi connectivity index (χ0n) is 15.1. The number of thiophene rings is 1. The van der Waals surface area contributed by atoms with Crippen molar-refractivity contribution in [1.29, 1.82) is 0 Å². The summed E-state index contributed by atoms with van der Waals surface area (Å²) in [6.45, 7) is 1.46. The Morgan fingerprint density at radius 2 is 1.59 bits per heavy atom. The van der Waals surface area contributed by atoms with Gasteiger partial charge in [0.25, 0.3) is 0 Å². The van der Waals surface area contributed by atoms with Crippen molar-refractivity contribution in [3.05, 3.63) is 54.6 Å². The first-order valence-electron chi connectivity index (χ1n) is 8.46. The molecule has 0 fully saturated rings. The molecule has 2 aromatic carbocycles. The van der Waals surface area contributed by atoms with Crippen molar-refractivity contribution in [2.24, 2.45) is 20.5 Å². The number of phenolic OH excluding ortho intramolecular Hbond substituents is 1. The van der Waals surface area contributed by atoms with Crippen molar-refractivity contribution in [1.82, 2.24) is 4.98 Å². The normalized spacial score (nSPS) is 11.6. The number of aromatic nitrogens is 1. The van der Waals surface area contributed by atoms with E-state index in [-0.39, 0.29) is 11.7 Å². The second-order valence-corrected chi connectivity index (χ2v) is 7.91. The number of phenols is 1. The number of nitrogens with one attached hydrogen (secondary N) is 1. The molecule has 1 amide bonds. The van der Waals surface area contributed by atoms with Gasteiger partial charge in [-0.15, -0.1) is 20.5 Å². The van der Waals surface area contributed by atoms with Crippen molar-refractivity contribution in [2.45, 2.75) is 6.92 Å². The van der Waals surface area contributed by atoms with E-state index in [0.29, 0.717) is 22.2 Å². The smallest absolute Gasteiger partial charge is 0.231 e. The Morgan fingerprint density at radius 1 is 0.931 bits per heavy atom. The van der Waals surface area contributed by atoms with Crippen molar-refractivity contribution in [3.8, 4) is 5.75 Å². The van der Waals surface area contributed by atoms with Gasteiger partial charge in [0.15, 0.2) is 0 Å². The van der Waals surface area contributed by atoms with Gasteiger partial charge < -0.3 is 10.4 Å². The zero-order chi connectivity index (χ0) is 20.2. The van der Waals surface area contributed by atoms with E-state index in [9.17, 15) is 9.90 Å². The molecule has 2 aromatic heterocycles. The third-order valence-electron chi connectivity index (χ3n) is 3.62. The second kappa shape index (κ2) is 8.25. The van der Waals surface area contributed by atoms with Crippen LogP contribution in [0.4, 0.5) is 27.2 Å². The highest BCUT2D eigenvalue weighted by Crippen LogP contribution is 2.39. The van der Waals surface area contributed by atoms with Gasteiger partial charge in [0, 0.05) is 12.6 Å². The Morgan fingerprint density at radius 3 is 2.24 bits per heavy atom. The van der Waals surface area contributed by atoms with Crippen LogP contribution in [0.25, 0.3) is 9.53 Å². The van der Waals surface area contributed by atoms with E-state index in [2.05, 4.69) is 30.8 Å². The van der Waals surface area contributed by atoms with Crippen molar-refractivity contribution < 1.29 is 9.90 Å². The Labute approximate surface area is 173 Å². The number of benzene rings is 2. The fourth-order valence-electron chi connectivity index (χ4n) is 2.35. The lowest BCUT2D eigenvalue weighted by atomic mass is 10.3. The first-order chi connectivity index (χ1) is 14.0. The summed E-state index contributed by atoms with van der Waals surface area (Å²) < 4.78 is 0.963. The number of rotatable bonds is 5. The quantitative estimate of drug-likeness (QED) is 0.343. The highest BCUT2D eigenvalue weighted by atomic mass is 32.1. The number of carbonyl (C=O) groups is 1. The van der Waals surface area contributed by atoms with Crippen LogP contribution in [0, 0.1) is 0 Å². The average molecular weight is 422 g/mol. The Balaban J connectivity index is 1.44. The SMILES string of the molecule is CC(=O)Nc1ccc(N=Nc2nc3sc(N=Nc4ccc(O)cc4)cc3s2)cc1. The first kappa shape index (κ1) is 18.8. The number of azo groups is 2. The van der Waals surface area contributed by atoms with Gasteiger partial charge in [0.2, 0.25) is 11.0 Å². The predicted octanol–water partition coefficient (Wildman–Crippen LogP) is 6.85. The standard InChI is InChI=1S/C19H14N6O2S2/c1-11(26)20-12-2-4-13(5-3-12)23-25-19-21-18-16(28-19)10-17(29-18)24-22-14-6-8-15(27)9-7-14/h2-10,27H,1H3,(H,20,26). The Kier molecular flexibility index (Phi) is 5.36. The van der Waals surface area contributed by atoms with Gasteiger partial charge in [0.1, 0.15) is 15.6 Å². The number of hydrogen-bond donors (Lipinski definition) is 2. The third-order valence-corrected chi connectivity index (χ3v) is 5.55. The van der Waals surface area contributed by atoms with Crippen LogP contribution in [0.2, 0.25) is 0 Å². The fraction of sp³-hybridized carbons (Fsp3) is 0.0526. The highest BCUT2D eigenvalue weighted by Gasteiger charge is 2.08. The minimum Gasteiger partial charge on any atom is -0.508 e. The van der Waals surface area contributed by atoms with Gasteiger partial charge >= 0.3 is 0 Å². The number of thiazole rings is 1. The summed E-state index contributed by atoms with van der Waals surface area (Å²) >= 11 is 2.84. The molecule has 144 valence electrons. The number of anilines is 1. The number of hydrogen-bond acceptors (Lipinski definition) is 9. The monoisotopic (exact) mass is 422 g/mol. The van der Waals surface area contributed by atoms with Crippen LogP contribution < -0.4 is 5.32 Å². The number of fused-ring (bicyclic) bond motifs is 1. The Hall–Kier alpha value is -3.50. The van der Waals surface area contributed by atoms with Crippen LogP contribution >= 0.6 is 22.7 Å². The maximum absolute atomic E-state index is 11.0. The minimum atomic E-state index is -0.121. The summed E-state index contributed by atoms with van der Waals surface area (Å²) in [7, 11) is 0. The van der Waals surface area contributed by atoms with Gasteiger partial charge in [0.05, 0.1) is 16.1 Å². The van der Waals surface area contributed by atoms with Crippen molar-refractivity contribution in [2.75, 3.05) is 5.32 Å². The number of aromatic hydroxyl groups is 1. The molecule has 0 spiro atoms. The molecule has 0 bridgehead atoms. The maximum atomic E-state index is 11.0. The predicted molar refractivity (Wildman–Crippen MR) is 115 cm³/mol. The lowest BCUT2D eigenvalue weighted by Crippen LogP contribution is -2.04. The molecule has 0 saturated heterocycles. The summed E-state index contributed by atoms with van der Waals surface area (Å²) in [6.07, 6.45) is 0. The van der Waals surface area contributed by atoms with Crippen molar-refractivity contribution in [3.63, 3.8) is 0 Å². The first-order valence-corrected chi connectivity index (χ1v) is 10.1. The molecule has 4 aromatic rings. The van der Waals surface area contributed by atoms with Crippen LogP contribution in [0.5, 0.6) is 5.75 Å². The molecular formula is C19H14N6O2S2. The van der Waals surface area contributed by atoms with E-state index in [4.69, 9.17) is 0 Å². The fourth-order valence-corrected chi connectivity index (χ4v) is 4.19. The van der Waals surface area contributed by atoms with Crippen LogP contribution in [-0.4, -0.2) is 16.0 Å². The van der Waals surface area contributed by atoms with Crippen LogP contribution in [0.1, 0.15) is 6.92 Å². The minimum absolute atomic E-state index is 0.121. The van der Waals surface area contributed by atoms with Gasteiger partial charge in [-0.25, -0.2) is 4.98 Å². The largest absolute Gasteiger partial charge is 0.508 e. The number of carbonyl (C=O) groups excluding carboxylic acids is 1. The summed E-state index contributed by atoms with van der Waals surface area (Å²) in [6, 6.07) is 15.5. The summed E-state index contributed by atoms with van der Waals surface area (Å²) in [5, 5.41) is 30.0. The van der Waals surface area contributed by atoms with Crippen LogP contribution in [-0.2, 0) is 4.79 Å². The van der Waals surface area contributed by atoms with E-state index in [1.165, 1.54) is 29.6 Å². The molecule has 2 heterocycles. The highest BCUT2D eigenvalue weighted by molar-refractivity contribution is 7.30. The topological polar surface area (TPSA) is 112 Å². The van der Waals surface area contributed by atoms with Gasteiger partial charge in [-0.1, -0.05) is 22.7 Å². The second-order valence-electron chi connectivity index (χ2n) is 5.89. The zero-order valence-corrected chi connectivity index (χ0v) is 16.7. The van der Waals surface area contributed by atoms with Crippen molar-refractivity contribution >= 4 is 65.3 Å². The third kappa shape index (κ3) is 4.86. The molecule has 0 aliphatic carbocycles. The molecule has 0 aliphatic heterocycles. The summed E-state index contributed by atoms with van der Waals surface area (Å²) in [5.74, 6) is 0.0688. The van der Waals surface area contributed by atoms with E-state index in [0.717, 1.165) is 14.5 Å².